The number of pyridine rings is 1. The molecule has 0 amide bonds. The Morgan fingerprint density at radius 2 is 0.303 bits per heavy atom. The summed E-state index contributed by atoms with van der Waals surface area (Å²) in [5, 5.41) is 0.736. The molecule has 0 saturated heterocycles. The fourth-order valence-corrected chi connectivity index (χ4v) is 312. The van der Waals surface area contributed by atoms with Crippen molar-refractivity contribution in [2.45, 2.75) is 6.92 Å². The maximum absolute atomic E-state index is 5.98. The van der Waals surface area contributed by atoms with E-state index >= 15 is 0 Å². The van der Waals surface area contributed by atoms with Crippen LogP contribution in [-0.4, -0.2) is 4.98 Å². The number of halogens is 1. The van der Waals surface area contributed by atoms with Gasteiger partial charge in [0.2, 0.25) is 0 Å². The van der Waals surface area contributed by atoms with E-state index in [1.807, 2.05) is 925 Å². The molecule has 0 fully saturated rings. The first-order valence-corrected chi connectivity index (χ1v) is 181. The van der Waals surface area contributed by atoms with E-state index in [9.17, 15) is 0 Å². The highest BCUT2D eigenvalue weighted by Gasteiger charge is 2.08. The zero-order chi connectivity index (χ0) is 101. The summed E-state index contributed by atoms with van der Waals surface area (Å²) >= 11 is 15.6. The van der Waals surface area contributed by atoms with E-state index in [0.29, 0.717) is 0 Å². The van der Waals surface area contributed by atoms with E-state index in [4.69, 9.17) is 34.0 Å². The quantitative estimate of drug-likeness (QED) is 0.225. The molecule has 3 aromatic carbocycles. The fraction of sp³-hybridized carbons (Fsp3) is 0.0417. The van der Waals surface area contributed by atoms with Crippen molar-refractivity contribution in [3.05, 3.63) is 102 Å². The summed E-state index contributed by atoms with van der Waals surface area (Å²) in [6, 6.07) is 29.0. The van der Waals surface area contributed by atoms with Crippen molar-refractivity contribution in [1.82, 2.24) is 4.98 Å². The maximum atomic E-state index is 5.98. The van der Waals surface area contributed by atoms with Gasteiger partial charge in [0, 0.05) is 1060 Å². The van der Waals surface area contributed by atoms with E-state index in [1.165, 1.54) is 40.0 Å². The number of aromatic nitrogens is 1. The highest BCUT2D eigenvalue weighted by molar-refractivity contribution is 8.89. The molecule has 142 heavy (non-hydrogen) atoms. The minimum Gasteiger partial charge on any atom is -0.256 e. The molecule has 1 nitrogen and oxygen atoms in total. The summed E-state index contributed by atoms with van der Waals surface area (Å²) in [5.41, 5.74) is 8.00. The van der Waals surface area contributed by atoms with Gasteiger partial charge in [-0.3, -0.25) is 4.98 Å². The lowest BCUT2D eigenvalue weighted by Gasteiger charge is -2.10. The molecule has 0 aliphatic heterocycles. The molecule has 118 heteroatoms. The second-order valence-corrected chi connectivity index (χ2v) is 216. The Balaban J connectivity index is 0.00000168. The Kier molecular flexibility index (Phi) is 155. The molecule has 0 aliphatic carbocycles. The minimum atomic E-state index is 0.736. The van der Waals surface area contributed by atoms with Gasteiger partial charge in [0.25, 0.3) is 0 Å². The lowest BCUT2D eigenvalue weighted by atomic mass is 9.97. The molecule has 0 aliphatic rings. The predicted molar refractivity (Wildman–Crippen MR) is 965 cm³/mol. The standard InChI is InChI=1S/C24H18ClN.S116/c1-17-14-24(19-10-12-22(25)13-11-19)26-16-23(17)21-9-5-8-20(15-21)18-6-3-2-4-7-18;1-3-5-7-9-11-13-15-17-19-21-23-25-27-29-31-33-35-37-39-41-43-45-47-49-51-53-55-57-59-61-63-65-67-69-71-73-75-77-79-81-83-85-87-89-91-93-95-97-99-101-103-105-107-109-111-113-115-116-114-112-110-108-106-104-102-100-98-96-94-92-90-88-86-84-82-80-78-76-74-72-70-68-66-64-62-60-58-56-54-52-50-48-46-44-42-40-38-36-34-32-30-28-26-24-22-20-18-16-14-12-10-8-6-4-2/h2-16H,1H3;. The number of aryl methyl sites for hydroxylation is 1. The average molecular weight is 4080 g/mol. The van der Waals surface area contributed by atoms with Crippen molar-refractivity contribution < 1.29 is 0 Å². The third-order valence-corrected chi connectivity index (χ3v) is 259. The molecule has 4 aromatic rings. The fourth-order valence-electron chi connectivity index (χ4n) is 4.40. The van der Waals surface area contributed by atoms with E-state index in [2.05, 4.69) is 66.5 Å². The molecule has 0 atom stereocenters. The van der Waals surface area contributed by atoms with Gasteiger partial charge in [-0.25, -0.2) is 0 Å². The van der Waals surface area contributed by atoms with Crippen LogP contribution in [0, 0.1) is 6.92 Å². The van der Waals surface area contributed by atoms with Crippen molar-refractivity contribution in [3.63, 3.8) is 0 Å². The molecule has 4 rings (SSSR count). The zero-order valence-electron chi connectivity index (χ0n) is 61.8. The summed E-state index contributed by atoms with van der Waals surface area (Å²) in [5.74, 6) is 0. The van der Waals surface area contributed by atoms with E-state index in [1.54, 1.807) is 107 Å². The first kappa shape index (κ1) is 159. The van der Waals surface area contributed by atoms with E-state index < -0.39 is 0 Å². The largest absolute Gasteiger partial charge is 0.256 e. The van der Waals surface area contributed by atoms with Crippen LogP contribution in [0.4, 0.5) is 0 Å². The smallest absolute Gasteiger partial charge is 0.0705 e. The van der Waals surface area contributed by atoms with Crippen molar-refractivity contribution in [2.24, 2.45) is 0 Å². The second-order valence-electron chi connectivity index (χ2n) is 14.1. The molecule has 0 N–H and O–H groups in total. The van der Waals surface area contributed by atoms with Crippen molar-refractivity contribution in [3.8, 4) is 33.5 Å². The van der Waals surface area contributed by atoms with Gasteiger partial charge in [0.1, 0.15) is 0 Å². The topological polar surface area (TPSA) is 12.9 Å². The van der Waals surface area contributed by atoms with Gasteiger partial charge in [-0.2, -0.15) is 0 Å². The van der Waals surface area contributed by atoms with Gasteiger partial charge in [-0.15, -0.1) is 0 Å². The monoisotopic (exact) mass is 4060 g/mol. The summed E-state index contributed by atoms with van der Waals surface area (Å²) in [4.78, 5) is 4.68. The highest BCUT2D eigenvalue weighted by Crippen LogP contribution is 2.30. The highest BCUT2D eigenvalue weighted by atomic mass is 35.5. The van der Waals surface area contributed by atoms with Gasteiger partial charge in [0.05, 0.1) is 5.69 Å². The normalized spacial score (nSPS) is 8.41. The van der Waals surface area contributed by atoms with Crippen LogP contribution in [0.2, 0.25) is 5.02 Å². The summed E-state index contributed by atoms with van der Waals surface area (Å²) in [7, 11) is 207. The molecule has 0 spiro atoms. The Morgan fingerprint density at radius 3 is 0.458 bits per heavy atom. The molecule has 1 heterocycles. The van der Waals surface area contributed by atoms with Crippen LogP contribution >= 0.6 is 11.6 Å². The molecular formula is C24H18ClNS116. The Bertz CT molecular complexity index is 10600. The molecule has 1 aromatic heterocycles. The molecule has 0 saturated carbocycles. The van der Waals surface area contributed by atoms with Crippen LogP contribution < -0.4 is 0 Å². The lowest BCUT2D eigenvalue weighted by molar-refractivity contribution is 1.29. The third kappa shape index (κ3) is 119. The SMILES string of the molecule is Cc1cc(-c2ccc(Cl)cc2)ncc1-c1cccc(-c2ccccc2)c1.S=S=S=S=S=S=S=S=S=S=S=S=S=S=S=S=S=S=S=S=S=S=S=S=S=S=S=S=S=S=S=S=S=S=S=S=S=S=S=S=S=S=S=S=S=S=S=S=S=S=S=S=S=S=S=S=S=S=S=S=S=S=S=S=S=S=S=S=S=S=S=S=S=S=S=S=S=S=S=S=S=S=S=S=S=S=S=S=S=S=S=S=S=S=S=S=S=S=S=S=S=S=S=S=S=S=S=S=S=S=S=S=S=S=S=S. The van der Waals surface area contributed by atoms with Gasteiger partial charge in [0.15, 0.2) is 0 Å². The summed E-state index contributed by atoms with van der Waals surface area (Å²) in [6.07, 6.45) is 1.96. The van der Waals surface area contributed by atoms with Crippen LogP contribution in [0.5, 0.6) is 0 Å². The van der Waals surface area contributed by atoms with Crippen LogP contribution in [0.15, 0.2) is 91.1 Å². The van der Waals surface area contributed by atoms with Crippen LogP contribution in [-0.2, 0) is 1030 Å². The van der Waals surface area contributed by atoms with Gasteiger partial charge < -0.3 is 0 Å². The van der Waals surface area contributed by atoms with Crippen molar-refractivity contribution >= 4 is 1050 Å². The van der Waals surface area contributed by atoms with Crippen molar-refractivity contribution in [1.29, 1.82) is 0 Å². The Morgan fingerprint density at radius 1 is 0.155 bits per heavy atom. The maximum Gasteiger partial charge on any atom is 0.0705 e. The first-order chi connectivity index (χ1) is 70.6. The van der Waals surface area contributed by atoms with Gasteiger partial charge in [-0.05, 0) is 53.4 Å². The van der Waals surface area contributed by atoms with Gasteiger partial charge >= 0.3 is 0 Å². The Hall–Kier alpha value is 22.6. The molecule has 0 unspecified atom stereocenters. The predicted octanol–water partition coefficient (Wildman–Crippen LogP) is 6.77. The van der Waals surface area contributed by atoms with E-state index in [0.717, 1.165) is 21.8 Å². The molecular weight excluding hydrogens is 4060 g/mol. The van der Waals surface area contributed by atoms with E-state index in [-0.39, 0.29) is 0 Å². The number of hydrogen-bond donors (Lipinski definition) is 0. The molecule has 0 radical (unpaired) electrons. The number of hydrogen-bond acceptors (Lipinski definition) is 3. The molecule has 0 bridgehead atoms. The summed E-state index contributed by atoms with van der Waals surface area (Å²) in [6.45, 7) is 2.13. The first-order valence-electron chi connectivity index (χ1n) is 27.8. The van der Waals surface area contributed by atoms with Gasteiger partial charge in [-0.1, -0.05) is 72.3 Å². The Labute approximate surface area is 1160 Å². The number of nitrogens with zero attached hydrogens (tertiary/aromatic N) is 1. The lowest BCUT2D eigenvalue weighted by Crippen LogP contribution is -1.90. The zero-order valence-corrected chi connectivity index (χ0v) is 157. The average Bonchev–Trinajstić information content (AvgIpc) is 0.807. The minimum absolute atomic E-state index is 0.736. The number of rotatable bonds is 3. The van der Waals surface area contributed by atoms with Crippen LogP contribution in [0.25, 0.3) is 33.5 Å². The van der Waals surface area contributed by atoms with Crippen molar-refractivity contribution in [2.75, 3.05) is 0 Å². The molecule has 822 valence electrons. The van der Waals surface area contributed by atoms with Crippen LogP contribution in [0.1, 0.15) is 5.56 Å². The number of benzene rings is 3. The summed E-state index contributed by atoms with van der Waals surface area (Å²) < 4.78 is 0. The second kappa shape index (κ2) is 139. The third-order valence-electron chi connectivity index (χ3n) is 7.67. The van der Waals surface area contributed by atoms with Crippen LogP contribution in [0.3, 0.4) is 0 Å².